The van der Waals surface area contributed by atoms with Gasteiger partial charge in [0.2, 0.25) is 0 Å². The molecule has 0 spiro atoms. The van der Waals surface area contributed by atoms with Crippen molar-refractivity contribution >= 4 is 22.3 Å². The molecule has 4 N–H and O–H groups in total. The molecule has 108 valence electrons. The minimum Gasteiger partial charge on any atom is -0.397 e. The van der Waals surface area contributed by atoms with E-state index in [-0.39, 0.29) is 5.56 Å². The molecule has 6 heteroatoms. The Bertz CT molecular complexity index is 624. The molecule has 2 rings (SSSR count). The van der Waals surface area contributed by atoms with Gasteiger partial charge in [0.25, 0.3) is 5.56 Å². The van der Waals surface area contributed by atoms with E-state index in [1.165, 1.54) is 6.33 Å². The maximum atomic E-state index is 11.6. The van der Waals surface area contributed by atoms with Gasteiger partial charge in [0, 0.05) is 19.8 Å². The van der Waals surface area contributed by atoms with Crippen molar-refractivity contribution in [1.82, 2.24) is 9.97 Å². The van der Waals surface area contributed by atoms with E-state index in [0.717, 1.165) is 38.3 Å². The third-order valence-electron chi connectivity index (χ3n) is 2.94. The standard InChI is InChI=1S/C14H20N4O2/c1-2-5-20-6-3-4-16-13-8-12-10(7-11(13)15)14(19)18-9-17-12/h7-9,16H,2-6,15H2,1H3,(H,17,18,19). The van der Waals surface area contributed by atoms with Gasteiger partial charge in [-0.05, 0) is 25.0 Å². The molecular weight excluding hydrogens is 256 g/mol. The fourth-order valence-corrected chi connectivity index (χ4v) is 1.93. The van der Waals surface area contributed by atoms with Crippen molar-refractivity contribution in [2.75, 3.05) is 30.8 Å². The number of H-pyrrole nitrogens is 1. The summed E-state index contributed by atoms with van der Waals surface area (Å²) in [6.45, 7) is 4.38. The molecule has 20 heavy (non-hydrogen) atoms. The zero-order valence-corrected chi connectivity index (χ0v) is 11.6. The highest BCUT2D eigenvalue weighted by molar-refractivity contribution is 5.88. The summed E-state index contributed by atoms with van der Waals surface area (Å²) in [5.74, 6) is 0. The summed E-state index contributed by atoms with van der Waals surface area (Å²) >= 11 is 0. The van der Waals surface area contributed by atoms with Crippen LogP contribution in [0.1, 0.15) is 19.8 Å². The maximum Gasteiger partial charge on any atom is 0.258 e. The molecule has 0 atom stereocenters. The van der Waals surface area contributed by atoms with Crippen molar-refractivity contribution in [3.05, 3.63) is 28.8 Å². The Balaban J connectivity index is 2.00. The molecule has 0 aliphatic carbocycles. The number of aromatic amines is 1. The largest absolute Gasteiger partial charge is 0.397 e. The first kappa shape index (κ1) is 14.3. The highest BCUT2D eigenvalue weighted by Crippen LogP contribution is 2.22. The molecule has 1 heterocycles. The summed E-state index contributed by atoms with van der Waals surface area (Å²) in [4.78, 5) is 18.3. The number of nitrogens with two attached hydrogens (primary N) is 1. The second-order valence-corrected chi connectivity index (χ2v) is 4.58. The average molecular weight is 276 g/mol. The molecule has 0 radical (unpaired) electrons. The van der Waals surface area contributed by atoms with Crippen LogP contribution in [-0.2, 0) is 4.74 Å². The number of rotatable bonds is 7. The number of nitrogens with one attached hydrogen (secondary N) is 2. The first-order chi connectivity index (χ1) is 9.72. The smallest absolute Gasteiger partial charge is 0.258 e. The zero-order chi connectivity index (χ0) is 14.4. The Hall–Kier alpha value is -2.08. The van der Waals surface area contributed by atoms with Gasteiger partial charge < -0.3 is 20.8 Å². The third kappa shape index (κ3) is 3.48. The number of nitrogens with zero attached hydrogens (tertiary/aromatic N) is 1. The van der Waals surface area contributed by atoms with E-state index in [2.05, 4.69) is 22.2 Å². The van der Waals surface area contributed by atoms with Crippen LogP contribution in [0.3, 0.4) is 0 Å². The van der Waals surface area contributed by atoms with E-state index >= 15 is 0 Å². The monoisotopic (exact) mass is 276 g/mol. The summed E-state index contributed by atoms with van der Waals surface area (Å²) in [7, 11) is 0. The third-order valence-corrected chi connectivity index (χ3v) is 2.94. The van der Waals surface area contributed by atoms with Crippen LogP contribution in [0.2, 0.25) is 0 Å². The zero-order valence-electron chi connectivity index (χ0n) is 11.6. The number of benzene rings is 1. The number of nitrogen functional groups attached to an aromatic ring is 1. The molecule has 0 unspecified atom stereocenters. The molecule has 1 aromatic heterocycles. The Kier molecular flexibility index (Phi) is 4.95. The van der Waals surface area contributed by atoms with Gasteiger partial charge in [0.15, 0.2) is 0 Å². The summed E-state index contributed by atoms with van der Waals surface area (Å²) in [5.41, 5.74) is 7.74. The van der Waals surface area contributed by atoms with Crippen molar-refractivity contribution in [1.29, 1.82) is 0 Å². The minimum absolute atomic E-state index is 0.179. The van der Waals surface area contributed by atoms with Gasteiger partial charge >= 0.3 is 0 Å². The number of fused-ring (bicyclic) bond motifs is 1. The van der Waals surface area contributed by atoms with Gasteiger partial charge in [-0.15, -0.1) is 0 Å². The Morgan fingerprint density at radius 3 is 3.05 bits per heavy atom. The maximum absolute atomic E-state index is 11.6. The van der Waals surface area contributed by atoms with E-state index in [4.69, 9.17) is 10.5 Å². The van der Waals surface area contributed by atoms with Gasteiger partial charge in [-0.2, -0.15) is 0 Å². The molecule has 0 saturated heterocycles. The van der Waals surface area contributed by atoms with Crippen molar-refractivity contribution < 1.29 is 4.74 Å². The van der Waals surface area contributed by atoms with Crippen molar-refractivity contribution in [3.8, 4) is 0 Å². The van der Waals surface area contributed by atoms with Crippen molar-refractivity contribution in [2.24, 2.45) is 0 Å². The topological polar surface area (TPSA) is 93.0 Å². The van der Waals surface area contributed by atoms with E-state index in [0.29, 0.717) is 16.6 Å². The van der Waals surface area contributed by atoms with Crippen molar-refractivity contribution in [3.63, 3.8) is 0 Å². The Morgan fingerprint density at radius 2 is 2.25 bits per heavy atom. The first-order valence-corrected chi connectivity index (χ1v) is 6.81. The molecular formula is C14H20N4O2. The van der Waals surface area contributed by atoms with Crippen LogP contribution in [0.4, 0.5) is 11.4 Å². The lowest BCUT2D eigenvalue weighted by Gasteiger charge is -2.10. The summed E-state index contributed by atoms with van der Waals surface area (Å²) < 4.78 is 5.41. The number of hydrogen-bond acceptors (Lipinski definition) is 5. The van der Waals surface area contributed by atoms with Crippen LogP contribution < -0.4 is 16.6 Å². The summed E-state index contributed by atoms with van der Waals surface area (Å²) in [6, 6.07) is 3.45. The lowest BCUT2D eigenvalue weighted by Crippen LogP contribution is -2.10. The van der Waals surface area contributed by atoms with E-state index < -0.39 is 0 Å². The molecule has 1 aromatic carbocycles. The molecule has 0 fully saturated rings. The SMILES string of the molecule is CCCOCCCNc1cc2nc[nH]c(=O)c2cc1N. The van der Waals surface area contributed by atoms with Crippen LogP contribution >= 0.6 is 0 Å². The quantitative estimate of drug-likeness (QED) is 0.529. The van der Waals surface area contributed by atoms with Crippen LogP contribution in [0.15, 0.2) is 23.3 Å². The van der Waals surface area contributed by atoms with Gasteiger partial charge in [-0.25, -0.2) is 4.98 Å². The lowest BCUT2D eigenvalue weighted by molar-refractivity contribution is 0.134. The number of ether oxygens (including phenoxy) is 1. The van der Waals surface area contributed by atoms with E-state index in [1.807, 2.05) is 0 Å². The second-order valence-electron chi connectivity index (χ2n) is 4.58. The predicted octanol–water partition coefficient (Wildman–Crippen LogP) is 1.73. The van der Waals surface area contributed by atoms with Crippen LogP contribution in [0, 0.1) is 0 Å². The Morgan fingerprint density at radius 1 is 1.40 bits per heavy atom. The molecule has 2 aromatic rings. The van der Waals surface area contributed by atoms with E-state index in [9.17, 15) is 4.79 Å². The van der Waals surface area contributed by atoms with Crippen LogP contribution in [0.25, 0.3) is 10.9 Å². The summed E-state index contributed by atoms with van der Waals surface area (Å²) in [5, 5.41) is 3.75. The van der Waals surface area contributed by atoms with Gasteiger partial charge in [-0.1, -0.05) is 6.92 Å². The highest BCUT2D eigenvalue weighted by Gasteiger charge is 2.05. The molecule has 0 bridgehead atoms. The molecule has 0 amide bonds. The normalized spacial score (nSPS) is 10.8. The highest BCUT2D eigenvalue weighted by atomic mass is 16.5. The fourth-order valence-electron chi connectivity index (χ4n) is 1.93. The minimum atomic E-state index is -0.179. The Labute approximate surface area is 117 Å². The predicted molar refractivity (Wildman–Crippen MR) is 81.0 cm³/mol. The van der Waals surface area contributed by atoms with Gasteiger partial charge in [0.05, 0.1) is 28.6 Å². The van der Waals surface area contributed by atoms with Crippen LogP contribution in [0.5, 0.6) is 0 Å². The molecule has 6 nitrogen and oxygen atoms in total. The number of aromatic nitrogens is 2. The fraction of sp³-hybridized carbons (Fsp3) is 0.429. The van der Waals surface area contributed by atoms with E-state index in [1.54, 1.807) is 12.1 Å². The summed E-state index contributed by atoms with van der Waals surface area (Å²) in [6.07, 6.45) is 3.33. The van der Waals surface area contributed by atoms with Gasteiger partial charge in [-0.3, -0.25) is 4.79 Å². The first-order valence-electron chi connectivity index (χ1n) is 6.81. The van der Waals surface area contributed by atoms with Gasteiger partial charge in [0.1, 0.15) is 0 Å². The number of hydrogen-bond donors (Lipinski definition) is 3. The average Bonchev–Trinajstić information content (AvgIpc) is 2.44. The molecule has 0 aliphatic rings. The van der Waals surface area contributed by atoms with Crippen LogP contribution in [-0.4, -0.2) is 29.7 Å². The number of anilines is 2. The van der Waals surface area contributed by atoms with Crippen molar-refractivity contribution in [2.45, 2.75) is 19.8 Å². The lowest BCUT2D eigenvalue weighted by atomic mass is 10.2. The second kappa shape index (κ2) is 6.91. The molecule has 0 saturated carbocycles. The molecule has 0 aliphatic heterocycles.